The van der Waals surface area contributed by atoms with E-state index < -0.39 is 0 Å². The summed E-state index contributed by atoms with van der Waals surface area (Å²) < 4.78 is 6.53. The number of nitrogens with zero attached hydrogens (tertiary/aromatic N) is 3. The van der Waals surface area contributed by atoms with E-state index in [1.165, 1.54) is 21.4 Å². The highest BCUT2D eigenvalue weighted by Crippen LogP contribution is 2.34. The highest BCUT2D eigenvalue weighted by atomic mass is 32.1. The van der Waals surface area contributed by atoms with E-state index >= 15 is 0 Å². The molecule has 1 saturated heterocycles. The Morgan fingerprint density at radius 2 is 2.04 bits per heavy atom. The summed E-state index contributed by atoms with van der Waals surface area (Å²) in [6.45, 7) is 5.13. The van der Waals surface area contributed by atoms with Crippen molar-refractivity contribution in [1.29, 1.82) is 0 Å². The summed E-state index contributed by atoms with van der Waals surface area (Å²) in [5.41, 5.74) is 4.83. The number of methoxy groups -OCH3 is 1. The second kappa shape index (κ2) is 6.78. The molecule has 0 N–H and O–H groups in total. The molecular formula is C22H23N3O2S. The zero-order valence-corrected chi connectivity index (χ0v) is 17.0. The molecule has 5 rings (SSSR count). The van der Waals surface area contributed by atoms with Gasteiger partial charge in [-0.2, -0.15) is 0 Å². The lowest BCUT2D eigenvalue weighted by Gasteiger charge is -2.41. The standard InChI is InChI=1S/C22H23N3O2S/c1-14-3-6-19-20(9-14)28-22(23-19)25-12-17(13-25)21(26)24-8-7-15-10-18(27-2)5-4-16(15)11-24/h3-6,9-10,17H,7-8,11-13H2,1-2H3. The number of amides is 1. The molecule has 3 heterocycles. The first-order valence-electron chi connectivity index (χ1n) is 9.67. The molecule has 0 radical (unpaired) electrons. The number of ether oxygens (including phenoxy) is 1. The van der Waals surface area contributed by atoms with Crippen molar-refractivity contribution in [1.82, 2.24) is 9.88 Å². The lowest BCUT2D eigenvalue weighted by atomic mass is 9.95. The zero-order chi connectivity index (χ0) is 19.3. The predicted octanol–water partition coefficient (Wildman–Crippen LogP) is 3.63. The van der Waals surface area contributed by atoms with Crippen LogP contribution >= 0.6 is 11.3 Å². The fourth-order valence-electron chi connectivity index (χ4n) is 4.05. The molecule has 0 saturated carbocycles. The molecule has 1 aromatic heterocycles. The molecule has 3 aromatic rings. The van der Waals surface area contributed by atoms with Crippen LogP contribution in [0.25, 0.3) is 10.2 Å². The summed E-state index contributed by atoms with van der Waals surface area (Å²) in [5.74, 6) is 1.24. The molecule has 6 heteroatoms. The number of benzene rings is 2. The summed E-state index contributed by atoms with van der Waals surface area (Å²) in [5, 5.41) is 1.03. The second-order valence-corrected chi connectivity index (χ2v) is 8.72. The van der Waals surface area contributed by atoms with Gasteiger partial charge >= 0.3 is 0 Å². The van der Waals surface area contributed by atoms with Crippen LogP contribution in [0.5, 0.6) is 5.75 Å². The van der Waals surface area contributed by atoms with E-state index in [2.05, 4.69) is 42.2 Å². The maximum Gasteiger partial charge on any atom is 0.229 e. The third kappa shape index (κ3) is 3.02. The van der Waals surface area contributed by atoms with Crippen molar-refractivity contribution in [2.45, 2.75) is 19.9 Å². The van der Waals surface area contributed by atoms with Gasteiger partial charge in [0.15, 0.2) is 5.13 Å². The Morgan fingerprint density at radius 3 is 2.86 bits per heavy atom. The Bertz CT molecular complexity index is 1060. The van der Waals surface area contributed by atoms with Crippen LogP contribution in [0, 0.1) is 12.8 Å². The molecule has 0 aliphatic carbocycles. The highest BCUT2D eigenvalue weighted by Gasteiger charge is 2.37. The quantitative estimate of drug-likeness (QED) is 0.682. The Kier molecular flexibility index (Phi) is 4.23. The smallest absolute Gasteiger partial charge is 0.229 e. The SMILES string of the molecule is COc1ccc2c(c1)CCN(C(=O)C1CN(c3nc4ccc(C)cc4s3)C1)C2. The van der Waals surface area contributed by atoms with Crippen molar-refractivity contribution >= 4 is 32.6 Å². The van der Waals surface area contributed by atoms with Crippen LogP contribution in [0.4, 0.5) is 5.13 Å². The number of aryl methyl sites for hydroxylation is 1. The van der Waals surface area contributed by atoms with Crippen molar-refractivity contribution in [3.63, 3.8) is 0 Å². The van der Waals surface area contributed by atoms with E-state index in [1.54, 1.807) is 18.4 Å². The Labute approximate surface area is 168 Å². The number of thiazole rings is 1. The first-order chi connectivity index (χ1) is 13.6. The molecule has 144 valence electrons. The third-order valence-corrected chi connectivity index (χ3v) is 6.85. The molecule has 2 aliphatic heterocycles. The second-order valence-electron chi connectivity index (χ2n) is 7.71. The molecule has 5 nitrogen and oxygen atoms in total. The molecule has 1 amide bonds. The topological polar surface area (TPSA) is 45.7 Å². The molecule has 2 aromatic carbocycles. The van der Waals surface area contributed by atoms with E-state index in [0.717, 1.165) is 42.5 Å². The van der Waals surface area contributed by atoms with Gasteiger partial charge in [0.05, 0.1) is 23.2 Å². The third-order valence-electron chi connectivity index (χ3n) is 5.77. The lowest BCUT2D eigenvalue weighted by Crippen LogP contribution is -2.55. The summed E-state index contributed by atoms with van der Waals surface area (Å²) in [6, 6.07) is 12.5. The van der Waals surface area contributed by atoms with Crippen molar-refractivity contribution in [2.24, 2.45) is 5.92 Å². The average molecular weight is 394 g/mol. The van der Waals surface area contributed by atoms with E-state index in [0.29, 0.717) is 6.54 Å². The average Bonchev–Trinajstić information content (AvgIpc) is 3.08. The fourth-order valence-corrected chi connectivity index (χ4v) is 5.13. The van der Waals surface area contributed by atoms with Crippen LogP contribution < -0.4 is 9.64 Å². The van der Waals surface area contributed by atoms with Gasteiger partial charge in [-0.3, -0.25) is 4.79 Å². The van der Waals surface area contributed by atoms with Crippen LogP contribution in [0.2, 0.25) is 0 Å². The minimum absolute atomic E-state index is 0.0774. The Balaban J connectivity index is 1.24. The van der Waals surface area contributed by atoms with Crippen LogP contribution in [-0.4, -0.2) is 42.5 Å². The molecule has 28 heavy (non-hydrogen) atoms. The van der Waals surface area contributed by atoms with Gasteiger partial charge in [-0.15, -0.1) is 0 Å². The number of fused-ring (bicyclic) bond motifs is 2. The Hall–Kier alpha value is -2.60. The van der Waals surface area contributed by atoms with Crippen molar-refractivity contribution in [2.75, 3.05) is 31.6 Å². The summed E-state index contributed by atoms with van der Waals surface area (Å²) in [7, 11) is 1.69. The van der Waals surface area contributed by atoms with Gasteiger partial charge in [-0.1, -0.05) is 23.5 Å². The van der Waals surface area contributed by atoms with Crippen LogP contribution in [0.3, 0.4) is 0 Å². The van der Waals surface area contributed by atoms with Gasteiger partial charge in [0.25, 0.3) is 0 Å². The lowest BCUT2D eigenvalue weighted by molar-refractivity contribution is -0.137. The molecule has 0 atom stereocenters. The van der Waals surface area contributed by atoms with Gasteiger partial charge in [0.1, 0.15) is 5.75 Å². The number of hydrogen-bond acceptors (Lipinski definition) is 5. The molecular weight excluding hydrogens is 370 g/mol. The minimum atomic E-state index is 0.0774. The number of aromatic nitrogens is 1. The first kappa shape index (κ1) is 17.5. The normalized spacial score (nSPS) is 16.8. The number of carbonyl (C=O) groups excluding carboxylic acids is 1. The van der Waals surface area contributed by atoms with Gasteiger partial charge in [-0.25, -0.2) is 4.98 Å². The predicted molar refractivity (Wildman–Crippen MR) is 112 cm³/mol. The van der Waals surface area contributed by atoms with Crippen LogP contribution in [0.15, 0.2) is 36.4 Å². The monoisotopic (exact) mass is 393 g/mol. The molecule has 2 aliphatic rings. The highest BCUT2D eigenvalue weighted by molar-refractivity contribution is 7.22. The maximum absolute atomic E-state index is 13.0. The fraction of sp³-hybridized carbons (Fsp3) is 0.364. The van der Waals surface area contributed by atoms with E-state index in [-0.39, 0.29) is 11.8 Å². The largest absolute Gasteiger partial charge is 0.497 e. The molecule has 1 fully saturated rings. The summed E-state index contributed by atoms with van der Waals surface area (Å²) in [4.78, 5) is 21.9. The van der Waals surface area contributed by atoms with Crippen molar-refractivity contribution in [3.05, 3.63) is 53.1 Å². The van der Waals surface area contributed by atoms with E-state index in [1.807, 2.05) is 11.0 Å². The molecule has 0 unspecified atom stereocenters. The van der Waals surface area contributed by atoms with Gasteiger partial charge < -0.3 is 14.5 Å². The summed E-state index contributed by atoms with van der Waals surface area (Å²) in [6.07, 6.45) is 0.895. The zero-order valence-electron chi connectivity index (χ0n) is 16.1. The Morgan fingerprint density at radius 1 is 1.18 bits per heavy atom. The molecule has 0 spiro atoms. The molecule has 0 bridgehead atoms. The van der Waals surface area contributed by atoms with Gasteiger partial charge in [0.2, 0.25) is 5.91 Å². The minimum Gasteiger partial charge on any atom is -0.497 e. The van der Waals surface area contributed by atoms with Gasteiger partial charge in [0, 0.05) is 26.2 Å². The van der Waals surface area contributed by atoms with E-state index in [4.69, 9.17) is 9.72 Å². The summed E-state index contributed by atoms with van der Waals surface area (Å²) >= 11 is 1.72. The van der Waals surface area contributed by atoms with Crippen molar-refractivity contribution < 1.29 is 9.53 Å². The van der Waals surface area contributed by atoms with Crippen molar-refractivity contribution in [3.8, 4) is 5.75 Å². The number of rotatable bonds is 3. The number of hydrogen-bond donors (Lipinski definition) is 0. The van der Waals surface area contributed by atoms with E-state index in [9.17, 15) is 4.79 Å². The number of anilines is 1. The maximum atomic E-state index is 13.0. The van der Waals surface area contributed by atoms with Crippen LogP contribution in [-0.2, 0) is 17.8 Å². The van der Waals surface area contributed by atoms with Gasteiger partial charge in [-0.05, 0) is 54.3 Å². The number of carbonyl (C=O) groups is 1. The van der Waals surface area contributed by atoms with Crippen LogP contribution in [0.1, 0.15) is 16.7 Å². The first-order valence-corrected chi connectivity index (χ1v) is 10.5.